The number of hydrogen-bond donors (Lipinski definition) is 2. The standard InChI is InChI=1S/C11H14FNO3S/c1-7(17(2)16)6-13-10-8(11(14)15)4-3-5-9(10)12/h3-5,7,13H,6H2,1-2H3,(H,14,15). The highest BCUT2D eigenvalue weighted by Gasteiger charge is 2.15. The molecular formula is C11H14FNO3S. The van der Waals surface area contributed by atoms with Gasteiger partial charge in [-0.3, -0.25) is 4.21 Å². The zero-order valence-corrected chi connectivity index (χ0v) is 10.4. The number of carboxylic acids is 1. The lowest BCUT2D eigenvalue weighted by Crippen LogP contribution is -2.22. The molecule has 0 fully saturated rings. The summed E-state index contributed by atoms with van der Waals surface area (Å²) in [5.41, 5.74) is -0.184. The summed E-state index contributed by atoms with van der Waals surface area (Å²) in [4.78, 5) is 10.9. The van der Waals surface area contributed by atoms with E-state index in [2.05, 4.69) is 5.32 Å². The predicted molar refractivity (Wildman–Crippen MR) is 65.4 cm³/mol. The monoisotopic (exact) mass is 259 g/mol. The van der Waals surface area contributed by atoms with Crippen LogP contribution in [0, 0.1) is 5.82 Å². The highest BCUT2D eigenvalue weighted by Crippen LogP contribution is 2.19. The van der Waals surface area contributed by atoms with E-state index in [0.717, 1.165) is 0 Å². The van der Waals surface area contributed by atoms with Gasteiger partial charge in [0.2, 0.25) is 0 Å². The third-order valence-electron chi connectivity index (χ3n) is 2.38. The molecule has 17 heavy (non-hydrogen) atoms. The van der Waals surface area contributed by atoms with E-state index in [1.54, 1.807) is 13.2 Å². The predicted octanol–water partition coefficient (Wildman–Crippen LogP) is 1.70. The van der Waals surface area contributed by atoms with Gasteiger partial charge in [-0.05, 0) is 19.1 Å². The molecule has 0 aromatic heterocycles. The number of para-hydroxylation sites is 1. The van der Waals surface area contributed by atoms with Gasteiger partial charge in [0.1, 0.15) is 5.82 Å². The lowest BCUT2D eigenvalue weighted by molar-refractivity contribution is 0.0697. The Hall–Kier alpha value is -1.43. The topological polar surface area (TPSA) is 66.4 Å². The van der Waals surface area contributed by atoms with Crippen molar-refractivity contribution >= 4 is 22.5 Å². The number of aromatic carboxylic acids is 1. The average molecular weight is 259 g/mol. The van der Waals surface area contributed by atoms with Gasteiger partial charge in [-0.1, -0.05) is 6.07 Å². The van der Waals surface area contributed by atoms with Crippen LogP contribution in [0.3, 0.4) is 0 Å². The van der Waals surface area contributed by atoms with Crippen LogP contribution in [0.5, 0.6) is 0 Å². The minimum Gasteiger partial charge on any atom is -0.478 e. The summed E-state index contributed by atoms with van der Waals surface area (Å²) in [5.74, 6) is -1.82. The number of anilines is 1. The zero-order valence-electron chi connectivity index (χ0n) is 9.57. The summed E-state index contributed by atoms with van der Waals surface area (Å²) in [6.07, 6.45) is 1.55. The van der Waals surface area contributed by atoms with Crippen LogP contribution in [-0.2, 0) is 10.8 Å². The molecule has 0 aliphatic heterocycles. The molecule has 1 aromatic rings. The Morgan fingerprint density at radius 2 is 2.24 bits per heavy atom. The van der Waals surface area contributed by atoms with E-state index < -0.39 is 22.6 Å². The maximum atomic E-state index is 13.5. The molecule has 0 saturated carbocycles. The second-order valence-corrected chi connectivity index (χ2v) is 5.46. The largest absolute Gasteiger partial charge is 0.478 e. The smallest absolute Gasteiger partial charge is 0.337 e. The van der Waals surface area contributed by atoms with Gasteiger partial charge in [-0.2, -0.15) is 0 Å². The third kappa shape index (κ3) is 3.52. The van der Waals surface area contributed by atoms with Gasteiger partial charge in [0.25, 0.3) is 0 Å². The lowest BCUT2D eigenvalue weighted by atomic mass is 10.1. The summed E-state index contributed by atoms with van der Waals surface area (Å²) < 4.78 is 24.6. The van der Waals surface area contributed by atoms with Crippen molar-refractivity contribution in [3.05, 3.63) is 29.6 Å². The average Bonchev–Trinajstić information content (AvgIpc) is 2.26. The summed E-state index contributed by atoms with van der Waals surface area (Å²) in [5, 5.41) is 11.4. The van der Waals surface area contributed by atoms with Crippen molar-refractivity contribution in [1.82, 2.24) is 0 Å². The Labute approximate surface area is 101 Å². The molecule has 0 bridgehead atoms. The Morgan fingerprint density at radius 1 is 1.59 bits per heavy atom. The minimum absolute atomic E-state index is 0.0581. The molecule has 0 aliphatic rings. The normalized spacial score (nSPS) is 14.1. The van der Waals surface area contributed by atoms with Gasteiger partial charge >= 0.3 is 5.97 Å². The van der Waals surface area contributed by atoms with Crippen molar-refractivity contribution in [3.63, 3.8) is 0 Å². The first-order valence-electron chi connectivity index (χ1n) is 5.01. The molecule has 2 N–H and O–H groups in total. The summed E-state index contributed by atoms with van der Waals surface area (Å²) in [6.45, 7) is 1.99. The van der Waals surface area contributed by atoms with Crippen LogP contribution in [0.2, 0.25) is 0 Å². The summed E-state index contributed by atoms with van der Waals surface area (Å²) in [6, 6.07) is 3.84. The molecule has 0 heterocycles. The minimum atomic E-state index is -1.20. The van der Waals surface area contributed by atoms with Gasteiger partial charge in [0.05, 0.1) is 11.3 Å². The number of carboxylic acid groups (broad SMARTS) is 1. The van der Waals surface area contributed by atoms with Crippen molar-refractivity contribution in [2.24, 2.45) is 0 Å². The number of hydrogen-bond acceptors (Lipinski definition) is 3. The first kappa shape index (κ1) is 13.6. The Morgan fingerprint density at radius 3 is 2.76 bits per heavy atom. The van der Waals surface area contributed by atoms with Gasteiger partial charge < -0.3 is 10.4 Å². The van der Waals surface area contributed by atoms with E-state index in [1.165, 1.54) is 18.2 Å². The number of benzene rings is 1. The molecule has 0 radical (unpaired) electrons. The molecule has 1 aromatic carbocycles. The van der Waals surface area contributed by atoms with Gasteiger partial charge in [-0.25, -0.2) is 9.18 Å². The maximum absolute atomic E-state index is 13.5. The highest BCUT2D eigenvalue weighted by molar-refractivity contribution is 7.84. The Bertz CT molecular complexity index is 450. The van der Waals surface area contributed by atoms with Gasteiger partial charge in [-0.15, -0.1) is 0 Å². The molecule has 0 saturated heterocycles. The van der Waals surface area contributed by atoms with Crippen molar-refractivity contribution < 1.29 is 18.5 Å². The van der Waals surface area contributed by atoms with E-state index in [1.807, 2.05) is 0 Å². The second kappa shape index (κ2) is 5.77. The number of halogens is 1. The number of carbonyl (C=O) groups is 1. The van der Waals surface area contributed by atoms with E-state index in [-0.39, 0.29) is 23.0 Å². The van der Waals surface area contributed by atoms with Crippen LogP contribution in [0.4, 0.5) is 10.1 Å². The molecule has 0 aliphatic carbocycles. The molecule has 2 unspecified atom stereocenters. The fourth-order valence-electron chi connectivity index (χ4n) is 1.25. The van der Waals surface area contributed by atoms with E-state index in [9.17, 15) is 13.4 Å². The number of rotatable bonds is 5. The maximum Gasteiger partial charge on any atom is 0.337 e. The molecule has 0 amide bonds. The SMILES string of the molecule is CC(CNc1c(F)cccc1C(=O)O)S(C)=O. The third-order valence-corrected chi connectivity index (χ3v) is 3.68. The van der Waals surface area contributed by atoms with E-state index in [0.29, 0.717) is 0 Å². The summed E-state index contributed by atoms with van der Waals surface area (Å²) >= 11 is 0. The molecule has 1 rings (SSSR count). The fraction of sp³-hybridized carbons (Fsp3) is 0.364. The van der Waals surface area contributed by atoms with Crippen molar-refractivity contribution in [3.8, 4) is 0 Å². The van der Waals surface area contributed by atoms with Crippen molar-refractivity contribution in [2.75, 3.05) is 18.1 Å². The van der Waals surface area contributed by atoms with E-state index in [4.69, 9.17) is 5.11 Å². The van der Waals surface area contributed by atoms with Crippen LogP contribution < -0.4 is 5.32 Å². The van der Waals surface area contributed by atoms with Crippen LogP contribution in [0.1, 0.15) is 17.3 Å². The van der Waals surface area contributed by atoms with Crippen LogP contribution >= 0.6 is 0 Å². The van der Waals surface area contributed by atoms with Crippen LogP contribution in [-0.4, -0.2) is 33.3 Å². The first-order chi connectivity index (χ1) is 7.93. The summed E-state index contributed by atoms with van der Waals surface area (Å²) in [7, 11) is -1.04. The Balaban J connectivity index is 2.90. The van der Waals surface area contributed by atoms with Crippen LogP contribution in [0.25, 0.3) is 0 Å². The molecule has 94 valence electrons. The molecule has 0 spiro atoms. The van der Waals surface area contributed by atoms with Gasteiger partial charge in [0.15, 0.2) is 0 Å². The number of nitrogens with one attached hydrogen (secondary N) is 1. The second-order valence-electron chi connectivity index (χ2n) is 3.66. The Kier molecular flexibility index (Phi) is 4.62. The van der Waals surface area contributed by atoms with E-state index >= 15 is 0 Å². The molecule has 2 atom stereocenters. The van der Waals surface area contributed by atoms with Crippen LogP contribution in [0.15, 0.2) is 18.2 Å². The van der Waals surface area contributed by atoms with Crippen molar-refractivity contribution in [2.45, 2.75) is 12.2 Å². The fourth-order valence-corrected chi connectivity index (χ4v) is 1.56. The van der Waals surface area contributed by atoms with Gasteiger partial charge in [0, 0.05) is 28.9 Å². The highest BCUT2D eigenvalue weighted by atomic mass is 32.2. The lowest BCUT2D eigenvalue weighted by Gasteiger charge is -2.13. The molecule has 4 nitrogen and oxygen atoms in total. The molecule has 6 heteroatoms. The zero-order chi connectivity index (χ0) is 13.0. The van der Waals surface area contributed by atoms with Crippen molar-refractivity contribution in [1.29, 1.82) is 0 Å². The molecular weight excluding hydrogens is 245 g/mol. The quantitative estimate of drug-likeness (QED) is 0.844. The first-order valence-corrected chi connectivity index (χ1v) is 6.63.